The average molecular weight is 429 g/mol. The van der Waals surface area contributed by atoms with E-state index in [1.54, 1.807) is 0 Å². The highest BCUT2D eigenvalue weighted by Crippen LogP contribution is 2.39. The van der Waals surface area contributed by atoms with Gasteiger partial charge in [0, 0.05) is 22.8 Å². The SMILES string of the molecule is Nc1ccc2c(ccn2Cc2noc(-c3ccc(F)c(Cl)c3F)n2)c1C(F)(F)F. The highest BCUT2D eigenvalue weighted by atomic mass is 35.5. The first-order valence-electron chi connectivity index (χ1n) is 8.08. The van der Waals surface area contributed by atoms with Crippen LogP contribution in [0, 0.1) is 11.6 Å². The van der Waals surface area contributed by atoms with E-state index < -0.39 is 28.4 Å². The third-order valence-electron chi connectivity index (χ3n) is 4.31. The van der Waals surface area contributed by atoms with Crippen LogP contribution < -0.4 is 5.73 Å². The molecule has 0 aliphatic rings. The van der Waals surface area contributed by atoms with Crippen molar-refractivity contribution >= 4 is 28.2 Å². The van der Waals surface area contributed by atoms with Gasteiger partial charge in [-0.2, -0.15) is 18.2 Å². The molecule has 11 heteroatoms. The largest absolute Gasteiger partial charge is 0.419 e. The predicted molar refractivity (Wildman–Crippen MR) is 95.1 cm³/mol. The molecule has 4 aromatic rings. The third-order valence-corrected chi connectivity index (χ3v) is 4.66. The van der Waals surface area contributed by atoms with Gasteiger partial charge in [0.05, 0.1) is 17.7 Å². The van der Waals surface area contributed by atoms with Crippen molar-refractivity contribution in [2.75, 3.05) is 5.73 Å². The fourth-order valence-electron chi connectivity index (χ4n) is 3.01. The summed E-state index contributed by atoms with van der Waals surface area (Å²) in [4.78, 5) is 4.02. The van der Waals surface area contributed by atoms with Crippen LogP contribution in [0.5, 0.6) is 0 Å². The maximum atomic E-state index is 14.1. The van der Waals surface area contributed by atoms with E-state index in [2.05, 4.69) is 10.1 Å². The van der Waals surface area contributed by atoms with E-state index in [0.717, 1.165) is 12.1 Å². The van der Waals surface area contributed by atoms with Crippen LogP contribution in [0.4, 0.5) is 27.6 Å². The quantitative estimate of drug-likeness (QED) is 0.274. The summed E-state index contributed by atoms with van der Waals surface area (Å²) in [5, 5.41) is 2.92. The Morgan fingerprint density at radius 2 is 1.86 bits per heavy atom. The summed E-state index contributed by atoms with van der Waals surface area (Å²) in [5.41, 5.74) is 4.25. The monoisotopic (exact) mass is 428 g/mol. The summed E-state index contributed by atoms with van der Waals surface area (Å²) in [6.45, 7) is -0.0508. The number of nitrogens with zero attached hydrogens (tertiary/aromatic N) is 3. The van der Waals surface area contributed by atoms with Crippen LogP contribution in [-0.2, 0) is 12.7 Å². The van der Waals surface area contributed by atoms with E-state index in [4.69, 9.17) is 21.9 Å². The van der Waals surface area contributed by atoms with Gasteiger partial charge in [-0.1, -0.05) is 16.8 Å². The van der Waals surface area contributed by atoms with Gasteiger partial charge in [-0.3, -0.25) is 0 Å². The summed E-state index contributed by atoms with van der Waals surface area (Å²) < 4.78 is 73.8. The molecule has 150 valence electrons. The zero-order chi connectivity index (χ0) is 20.9. The Balaban J connectivity index is 1.70. The summed E-state index contributed by atoms with van der Waals surface area (Å²) in [6, 6.07) is 5.94. The molecule has 0 amide bonds. The van der Waals surface area contributed by atoms with Crippen LogP contribution in [-0.4, -0.2) is 14.7 Å². The standard InChI is InChI=1S/C18H10ClF5N4O/c19-15-10(20)2-1-9(16(15)21)17-26-13(27-29-17)7-28-6-5-8-12(28)4-3-11(25)14(8)18(22,23)24/h1-6H,7,25H2. The number of nitrogens with two attached hydrogens (primary N) is 1. The van der Waals surface area contributed by atoms with Crippen molar-refractivity contribution in [2.45, 2.75) is 12.7 Å². The van der Waals surface area contributed by atoms with Crippen molar-refractivity contribution in [3.8, 4) is 11.5 Å². The van der Waals surface area contributed by atoms with E-state index in [-0.39, 0.29) is 40.4 Å². The molecule has 0 atom stereocenters. The topological polar surface area (TPSA) is 69.9 Å². The molecule has 0 aliphatic carbocycles. The Kier molecular flexibility index (Phi) is 4.45. The van der Waals surface area contributed by atoms with E-state index in [1.165, 1.54) is 29.0 Å². The first-order chi connectivity index (χ1) is 13.7. The van der Waals surface area contributed by atoms with E-state index in [0.29, 0.717) is 0 Å². The number of fused-ring (bicyclic) bond motifs is 1. The number of benzene rings is 2. The Labute approximate surface area is 164 Å². The van der Waals surface area contributed by atoms with Crippen molar-refractivity contribution < 1.29 is 26.5 Å². The van der Waals surface area contributed by atoms with E-state index in [1.807, 2.05) is 0 Å². The lowest BCUT2D eigenvalue weighted by Gasteiger charge is -2.12. The lowest BCUT2D eigenvalue weighted by atomic mass is 10.1. The van der Waals surface area contributed by atoms with Crippen molar-refractivity contribution in [3.05, 3.63) is 64.6 Å². The lowest BCUT2D eigenvalue weighted by Crippen LogP contribution is -2.09. The Hall–Kier alpha value is -3.14. The minimum Gasteiger partial charge on any atom is -0.398 e. The molecule has 0 bridgehead atoms. The number of alkyl halides is 3. The molecule has 0 spiro atoms. The molecule has 4 rings (SSSR count). The Morgan fingerprint density at radius 3 is 2.59 bits per heavy atom. The van der Waals surface area contributed by atoms with Crippen LogP contribution in [0.2, 0.25) is 5.02 Å². The normalized spacial score (nSPS) is 12.1. The molecule has 5 nitrogen and oxygen atoms in total. The maximum Gasteiger partial charge on any atom is 0.419 e. The highest BCUT2D eigenvalue weighted by molar-refractivity contribution is 6.31. The number of hydrogen-bond donors (Lipinski definition) is 1. The van der Waals surface area contributed by atoms with E-state index in [9.17, 15) is 22.0 Å². The number of halogens is 6. The van der Waals surface area contributed by atoms with E-state index >= 15 is 0 Å². The Morgan fingerprint density at radius 1 is 1.10 bits per heavy atom. The molecule has 0 saturated heterocycles. The van der Waals surface area contributed by atoms with Crippen LogP contribution >= 0.6 is 11.6 Å². The minimum atomic E-state index is -4.62. The molecule has 2 heterocycles. The second-order valence-electron chi connectivity index (χ2n) is 6.14. The second-order valence-corrected chi connectivity index (χ2v) is 6.52. The molecular formula is C18H10ClF5N4O. The number of hydrogen-bond acceptors (Lipinski definition) is 4. The fourth-order valence-corrected chi connectivity index (χ4v) is 3.18. The first kappa shape index (κ1) is 19.2. The molecule has 0 saturated carbocycles. The minimum absolute atomic E-state index is 0.0508. The second kappa shape index (κ2) is 6.73. The molecule has 0 aliphatic heterocycles. The van der Waals surface area contributed by atoms with Crippen LogP contribution in [0.15, 0.2) is 41.1 Å². The van der Waals surface area contributed by atoms with Gasteiger partial charge in [0.2, 0.25) is 0 Å². The molecular weight excluding hydrogens is 419 g/mol. The number of aromatic nitrogens is 3. The van der Waals surface area contributed by atoms with Crippen molar-refractivity contribution in [1.29, 1.82) is 0 Å². The molecule has 2 aromatic carbocycles. The summed E-state index contributed by atoms with van der Waals surface area (Å²) >= 11 is 5.54. The summed E-state index contributed by atoms with van der Waals surface area (Å²) in [7, 11) is 0. The van der Waals surface area contributed by atoms with Crippen molar-refractivity contribution in [3.63, 3.8) is 0 Å². The average Bonchev–Trinajstić information content (AvgIpc) is 3.26. The number of rotatable bonds is 3. The predicted octanol–water partition coefficient (Wildman–Crippen LogP) is 5.27. The highest BCUT2D eigenvalue weighted by Gasteiger charge is 2.35. The van der Waals surface area contributed by atoms with Gasteiger partial charge in [0.15, 0.2) is 11.6 Å². The van der Waals surface area contributed by atoms with Gasteiger partial charge in [-0.05, 0) is 30.3 Å². The van der Waals surface area contributed by atoms with Gasteiger partial charge < -0.3 is 14.8 Å². The maximum absolute atomic E-state index is 14.1. The van der Waals surface area contributed by atoms with Crippen LogP contribution in [0.3, 0.4) is 0 Å². The fraction of sp³-hybridized carbons (Fsp3) is 0.111. The van der Waals surface area contributed by atoms with Gasteiger partial charge >= 0.3 is 6.18 Å². The molecule has 0 unspecified atom stereocenters. The smallest absolute Gasteiger partial charge is 0.398 e. The van der Waals surface area contributed by atoms with Crippen molar-refractivity contribution in [1.82, 2.24) is 14.7 Å². The first-order valence-corrected chi connectivity index (χ1v) is 8.45. The molecule has 29 heavy (non-hydrogen) atoms. The third kappa shape index (κ3) is 3.29. The molecule has 2 aromatic heterocycles. The Bertz CT molecular complexity index is 1230. The van der Waals surface area contributed by atoms with Gasteiger partial charge in [-0.25, -0.2) is 8.78 Å². The zero-order valence-electron chi connectivity index (χ0n) is 14.3. The van der Waals surface area contributed by atoms with Gasteiger partial charge in [0.1, 0.15) is 10.8 Å². The summed E-state index contributed by atoms with van der Waals surface area (Å²) in [6.07, 6.45) is -3.20. The molecule has 2 N–H and O–H groups in total. The van der Waals surface area contributed by atoms with Gasteiger partial charge in [-0.15, -0.1) is 0 Å². The number of anilines is 1. The van der Waals surface area contributed by atoms with Crippen LogP contribution in [0.1, 0.15) is 11.4 Å². The zero-order valence-corrected chi connectivity index (χ0v) is 15.0. The molecule has 0 radical (unpaired) electrons. The number of nitrogen functional groups attached to an aromatic ring is 1. The summed E-state index contributed by atoms with van der Waals surface area (Å²) in [5.74, 6) is -2.16. The van der Waals surface area contributed by atoms with Gasteiger partial charge in [0.25, 0.3) is 5.89 Å². The lowest BCUT2D eigenvalue weighted by molar-refractivity contribution is -0.135. The molecule has 0 fully saturated rings. The van der Waals surface area contributed by atoms with Crippen LogP contribution in [0.25, 0.3) is 22.4 Å². The van der Waals surface area contributed by atoms with Crippen molar-refractivity contribution in [2.24, 2.45) is 0 Å².